The lowest BCUT2D eigenvalue weighted by atomic mass is 10.2. The van der Waals surface area contributed by atoms with E-state index in [2.05, 4.69) is 15.5 Å². The van der Waals surface area contributed by atoms with Crippen molar-refractivity contribution >= 4 is 38.2 Å². The summed E-state index contributed by atoms with van der Waals surface area (Å²) in [5.74, 6) is -0.132. The fraction of sp³-hybridized carbons (Fsp3) is 0.167. The van der Waals surface area contributed by atoms with Crippen LogP contribution in [0.25, 0.3) is 21.0 Å². The number of amides is 1. The maximum atomic E-state index is 12.5. The molecule has 4 rings (SSSR count). The molecule has 10 heteroatoms. The molecule has 1 amide bonds. The lowest BCUT2D eigenvalue weighted by Crippen LogP contribution is -2.36. The van der Waals surface area contributed by atoms with Gasteiger partial charge < -0.3 is 0 Å². The summed E-state index contributed by atoms with van der Waals surface area (Å²) in [5, 5.41) is 5.23. The van der Waals surface area contributed by atoms with Crippen LogP contribution in [-0.2, 0) is 11.3 Å². The number of hydrogen-bond donors (Lipinski definition) is 2. The van der Waals surface area contributed by atoms with Crippen LogP contribution in [0, 0.1) is 6.92 Å². The highest BCUT2D eigenvalue weighted by Gasteiger charge is 2.13. The van der Waals surface area contributed by atoms with Gasteiger partial charge in [-0.1, -0.05) is 12.1 Å². The molecule has 0 saturated carbocycles. The van der Waals surface area contributed by atoms with Crippen molar-refractivity contribution in [2.75, 3.05) is 5.43 Å². The Morgan fingerprint density at radius 1 is 1.11 bits per heavy atom. The van der Waals surface area contributed by atoms with Gasteiger partial charge in [-0.05, 0) is 30.5 Å². The third-order valence-corrected chi connectivity index (χ3v) is 5.15. The third kappa shape index (κ3) is 3.03. The van der Waals surface area contributed by atoms with Crippen molar-refractivity contribution in [3.05, 3.63) is 72.6 Å². The van der Waals surface area contributed by atoms with E-state index < -0.39 is 17.0 Å². The Bertz CT molecular complexity index is 1400. The third-order valence-electron chi connectivity index (χ3n) is 4.35. The van der Waals surface area contributed by atoms with E-state index in [1.807, 2.05) is 0 Å². The molecule has 0 aliphatic heterocycles. The Kier molecular flexibility index (Phi) is 4.40. The number of aromatic amines is 1. The first kappa shape index (κ1) is 17.9. The zero-order valence-electron chi connectivity index (χ0n) is 14.8. The highest BCUT2D eigenvalue weighted by Crippen LogP contribution is 2.14. The van der Waals surface area contributed by atoms with E-state index in [1.165, 1.54) is 11.3 Å². The molecule has 0 unspecified atom stereocenters. The van der Waals surface area contributed by atoms with Crippen LogP contribution < -0.4 is 22.1 Å². The van der Waals surface area contributed by atoms with E-state index in [1.54, 1.807) is 42.6 Å². The molecular weight excluding hydrogens is 382 g/mol. The second kappa shape index (κ2) is 6.89. The van der Waals surface area contributed by atoms with E-state index in [0.29, 0.717) is 21.4 Å². The van der Waals surface area contributed by atoms with Gasteiger partial charge in [-0.15, -0.1) is 11.3 Å². The molecule has 0 spiro atoms. The number of benzene rings is 1. The molecule has 0 bridgehead atoms. The van der Waals surface area contributed by atoms with Crippen molar-refractivity contribution in [1.29, 1.82) is 0 Å². The van der Waals surface area contributed by atoms with Crippen LogP contribution in [0.2, 0.25) is 0 Å². The Labute approximate surface area is 160 Å². The van der Waals surface area contributed by atoms with Crippen LogP contribution in [0.4, 0.5) is 0 Å². The molecule has 4 aromatic rings. The zero-order chi connectivity index (χ0) is 19.8. The van der Waals surface area contributed by atoms with Crippen LogP contribution in [0.3, 0.4) is 0 Å². The molecule has 0 aliphatic carbocycles. The molecule has 1 aromatic carbocycles. The number of nitrogens with one attached hydrogen (secondary N) is 2. The molecule has 142 valence electrons. The summed E-state index contributed by atoms with van der Waals surface area (Å²) < 4.78 is 2.18. The highest BCUT2D eigenvalue weighted by molar-refractivity contribution is 7.16. The summed E-state index contributed by atoms with van der Waals surface area (Å²) in [6, 6.07) is 8.12. The van der Waals surface area contributed by atoms with Crippen molar-refractivity contribution in [1.82, 2.24) is 19.4 Å². The molecule has 0 aliphatic rings. The van der Waals surface area contributed by atoms with Gasteiger partial charge in [0.1, 0.15) is 10.7 Å². The van der Waals surface area contributed by atoms with Crippen LogP contribution >= 0.6 is 11.3 Å². The second-order valence-electron chi connectivity index (χ2n) is 6.17. The average Bonchev–Trinajstić information content (AvgIpc) is 3.15. The SMILES string of the molecule is Cc1nc2sccc2c(=O)n1NC(=O)CCn1[nH]c(=O)c2ccccc2c1=O. The molecule has 9 nitrogen and oxygen atoms in total. The predicted octanol–water partition coefficient (Wildman–Crippen LogP) is 0.930. The molecule has 3 aromatic heterocycles. The first-order valence-corrected chi connectivity index (χ1v) is 9.32. The Hall–Kier alpha value is -3.53. The number of rotatable bonds is 4. The van der Waals surface area contributed by atoms with Gasteiger partial charge in [0.05, 0.1) is 22.7 Å². The van der Waals surface area contributed by atoms with Crippen LogP contribution in [0.15, 0.2) is 50.1 Å². The number of fused-ring (bicyclic) bond motifs is 2. The smallest absolute Gasteiger partial charge is 0.273 e. The van der Waals surface area contributed by atoms with Gasteiger partial charge in [0.15, 0.2) is 0 Å². The average molecular weight is 397 g/mol. The number of nitrogens with zero attached hydrogens (tertiary/aromatic N) is 3. The highest BCUT2D eigenvalue weighted by atomic mass is 32.1. The first-order valence-electron chi connectivity index (χ1n) is 8.44. The molecule has 0 saturated heterocycles. The van der Waals surface area contributed by atoms with Crippen LogP contribution in [-0.4, -0.2) is 25.3 Å². The van der Waals surface area contributed by atoms with Crippen molar-refractivity contribution in [3.63, 3.8) is 0 Å². The van der Waals surface area contributed by atoms with Crippen molar-refractivity contribution in [2.24, 2.45) is 0 Å². The molecule has 28 heavy (non-hydrogen) atoms. The maximum Gasteiger partial charge on any atom is 0.281 e. The van der Waals surface area contributed by atoms with Crippen molar-refractivity contribution in [2.45, 2.75) is 19.9 Å². The Morgan fingerprint density at radius 3 is 2.64 bits per heavy atom. The van der Waals surface area contributed by atoms with E-state index in [0.717, 1.165) is 9.36 Å². The molecular formula is C18H15N5O4S. The van der Waals surface area contributed by atoms with Gasteiger partial charge in [-0.3, -0.25) is 29.7 Å². The Morgan fingerprint density at radius 2 is 1.86 bits per heavy atom. The normalized spacial score (nSPS) is 11.2. The van der Waals surface area contributed by atoms with E-state index in [4.69, 9.17) is 0 Å². The van der Waals surface area contributed by atoms with Crippen molar-refractivity contribution < 1.29 is 4.79 Å². The van der Waals surface area contributed by atoms with Gasteiger partial charge in [0.25, 0.3) is 16.7 Å². The largest absolute Gasteiger partial charge is 0.281 e. The fourth-order valence-corrected chi connectivity index (χ4v) is 3.74. The molecule has 3 heterocycles. The summed E-state index contributed by atoms with van der Waals surface area (Å²) in [7, 11) is 0. The van der Waals surface area contributed by atoms with Gasteiger partial charge in [-0.25, -0.2) is 14.3 Å². The van der Waals surface area contributed by atoms with E-state index >= 15 is 0 Å². The van der Waals surface area contributed by atoms with Gasteiger partial charge in [-0.2, -0.15) is 0 Å². The maximum absolute atomic E-state index is 12.5. The number of H-pyrrole nitrogens is 1. The molecule has 0 atom stereocenters. The zero-order valence-corrected chi connectivity index (χ0v) is 15.6. The number of thiophene rings is 1. The molecule has 0 fully saturated rings. The van der Waals surface area contributed by atoms with Gasteiger partial charge in [0, 0.05) is 6.42 Å². The first-order chi connectivity index (χ1) is 13.5. The van der Waals surface area contributed by atoms with E-state index in [9.17, 15) is 19.2 Å². The lowest BCUT2D eigenvalue weighted by molar-refractivity contribution is -0.117. The quantitative estimate of drug-likeness (QED) is 0.531. The minimum atomic E-state index is -0.484. The van der Waals surface area contributed by atoms with Gasteiger partial charge in [0.2, 0.25) is 5.91 Å². The summed E-state index contributed by atoms with van der Waals surface area (Å²) in [6.45, 7) is 1.58. The summed E-state index contributed by atoms with van der Waals surface area (Å²) in [5.41, 5.74) is 1.34. The topological polar surface area (TPSA) is 119 Å². The predicted molar refractivity (Wildman–Crippen MR) is 106 cm³/mol. The minimum absolute atomic E-state index is 0.0351. The lowest BCUT2D eigenvalue weighted by Gasteiger charge is -2.11. The van der Waals surface area contributed by atoms with Gasteiger partial charge >= 0.3 is 0 Å². The summed E-state index contributed by atoms with van der Waals surface area (Å²) in [4.78, 5) is 54.3. The van der Waals surface area contributed by atoms with Crippen LogP contribution in [0.5, 0.6) is 0 Å². The number of aryl methyl sites for hydroxylation is 2. The van der Waals surface area contributed by atoms with E-state index in [-0.39, 0.29) is 23.9 Å². The number of hydrogen-bond acceptors (Lipinski definition) is 6. The number of carbonyl (C=O) groups excluding carboxylic acids is 1. The number of aromatic nitrogens is 4. The minimum Gasteiger partial charge on any atom is -0.273 e. The standard InChI is InChI=1S/C18H15N5O4S/c1-10-19-16-13(7-9-28-16)18(27)23(10)20-14(24)6-8-22-17(26)12-5-3-2-4-11(12)15(25)21-22/h2-5,7,9H,6,8H2,1H3,(H,20,24)(H,21,25). The second-order valence-corrected chi connectivity index (χ2v) is 7.06. The number of carbonyl (C=O) groups is 1. The Balaban J connectivity index is 1.57. The van der Waals surface area contributed by atoms with Crippen LogP contribution in [0.1, 0.15) is 12.2 Å². The summed E-state index contributed by atoms with van der Waals surface area (Å²) >= 11 is 1.35. The molecule has 2 N–H and O–H groups in total. The monoisotopic (exact) mass is 397 g/mol. The summed E-state index contributed by atoms with van der Waals surface area (Å²) in [6.07, 6.45) is -0.109. The molecule has 0 radical (unpaired) electrons. The fourth-order valence-electron chi connectivity index (χ4n) is 2.94. The van der Waals surface area contributed by atoms with Crippen molar-refractivity contribution in [3.8, 4) is 0 Å².